The van der Waals surface area contributed by atoms with E-state index in [-0.39, 0.29) is 0 Å². The van der Waals surface area contributed by atoms with Crippen molar-refractivity contribution < 1.29 is 0 Å². The molecule has 0 spiro atoms. The number of rotatable bonds is 2. The van der Waals surface area contributed by atoms with Gasteiger partial charge in [-0.2, -0.15) is 0 Å². The lowest BCUT2D eigenvalue weighted by Crippen LogP contribution is -2.28. The molecule has 1 saturated heterocycles. The first-order valence-electron chi connectivity index (χ1n) is 2.73. The Morgan fingerprint density at radius 1 is 1.89 bits per heavy atom. The lowest BCUT2D eigenvalue weighted by atomic mass is 10.6. The van der Waals surface area contributed by atoms with Crippen molar-refractivity contribution >= 4 is 17.3 Å². The molecule has 2 N–H and O–H groups in total. The molecule has 9 heavy (non-hydrogen) atoms. The van der Waals surface area contributed by atoms with Crippen molar-refractivity contribution in [1.82, 2.24) is 15.8 Å². The fourth-order valence-electron chi connectivity index (χ4n) is 0.665. The Morgan fingerprint density at radius 2 is 2.67 bits per heavy atom. The van der Waals surface area contributed by atoms with Crippen molar-refractivity contribution in [1.29, 1.82) is 0 Å². The van der Waals surface area contributed by atoms with Gasteiger partial charge in [0.25, 0.3) is 0 Å². The topological polar surface area (TPSA) is 27.3 Å². The van der Waals surface area contributed by atoms with Crippen LogP contribution >= 0.6 is 12.2 Å². The van der Waals surface area contributed by atoms with E-state index >= 15 is 0 Å². The summed E-state index contributed by atoms with van der Waals surface area (Å²) >= 11 is 4.91. The Kier molecular flexibility index (Phi) is 2.02. The van der Waals surface area contributed by atoms with Crippen molar-refractivity contribution in [3.63, 3.8) is 0 Å². The van der Waals surface area contributed by atoms with Crippen molar-refractivity contribution in [3.05, 3.63) is 12.7 Å². The van der Waals surface area contributed by atoms with Crippen LogP contribution in [-0.2, 0) is 0 Å². The molecule has 3 nitrogen and oxygen atoms in total. The Morgan fingerprint density at radius 3 is 3.11 bits per heavy atom. The summed E-state index contributed by atoms with van der Waals surface area (Å²) in [7, 11) is 0. The first kappa shape index (κ1) is 6.51. The van der Waals surface area contributed by atoms with Crippen LogP contribution in [-0.4, -0.2) is 23.2 Å². The molecule has 0 unspecified atom stereocenters. The van der Waals surface area contributed by atoms with Crippen LogP contribution in [0.2, 0.25) is 0 Å². The summed E-state index contributed by atoms with van der Waals surface area (Å²) in [6.07, 6.45) is 1.82. The van der Waals surface area contributed by atoms with E-state index in [4.69, 9.17) is 12.2 Å². The van der Waals surface area contributed by atoms with Crippen LogP contribution in [0.15, 0.2) is 12.7 Å². The van der Waals surface area contributed by atoms with Gasteiger partial charge in [0.05, 0.1) is 6.67 Å². The fourth-order valence-corrected chi connectivity index (χ4v) is 0.876. The number of hydrogen-bond acceptors (Lipinski definition) is 2. The van der Waals surface area contributed by atoms with Gasteiger partial charge in [0, 0.05) is 6.54 Å². The van der Waals surface area contributed by atoms with E-state index in [0.29, 0.717) is 0 Å². The Bertz CT molecular complexity index is 134. The van der Waals surface area contributed by atoms with Gasteiger partial charge in [0.15, 0.2) is 5.11 Å². The molecular formula is C5H9N3S. The van der Waals surface area contributed by atoms with E-state index < -0.39 is 0 Å². The zero-order valence-electron chi connectivity index (χ0n) is 5.05. The molecule has 0 aromatic heterocycles. The van der Waals surface area contributed by atoms with Gasteiger partial charge in [-0.05, 0) is 12.2 Å². The highest BCUT2D eigenvalue weighted by Crippen LogP contribution is 1.91. The van der Waals surface area contributed by atoms with Gasteiger partial charge in [-0.25, -0.2) is 5.43 Å². The molecule has 1 fully saturated rings. The largest absolute Gasteiger partial charge is 0.330 e. The highest BCUT2D eigenvalue weighted by atomic mass is 32.1. The zero-order chi connectivity index (χ0) is 6.69. The molecule has 4 heteroatoms. The number of nitrogens with zero attached hydrogens (tertiary/aromatic N) is 1. The molecule has 0 bridgehead atoms. The molecular weight excluding hydrogens is 134 g/mol. The fraction of sp³-hybridized carbons (Fsp3) is 0.400. The minimum absolute atomic E-state index is 0.745. The van der Waals surface area contributed by atoms with Crippen molar-refractivity contribution in [3.8, 4) is 0 Å². The SMILES string of the molecule is C=CCN1CNNC1=S. The van der Waals surface area contributed by atoms with Crippen molar-refractivity contribution in [2.24, 2.45) is 0 Å². The zero-order valence-corrected chi connectivity index (χ0v) is 5.87. The van der Waals surface area contributed by atoms with Gasteiger partial charge < -0.3 is 4.90 Å². The molecule has 0 amide bonds. The summed E-state index contributed by atoms with van der Waals surface area (Å²) in [5.74, 6) is 0. The minimum Gasteiger partial charge on any atom is -0.330 e. The summed E-state index contributed by atoms with van der Waals surface area (Å²) in [4.78, 5) is 1.97. The van der Waals surface area contributed by atoms with Crippen LogP contribution in [0.25, 0.3) is 0 Å². The van der Waals surface area contributed by atoms with E-state index in [1.165, 1.54) is 0 Å². The summed E-state index contributed by atoms with van der Waals surface area (Å²) in [5.41, 5.74) is 5.71. The average Bonchev–Trinajstić information content (AvgIpc) is 2.18. The Balaban J connectivity index is 2.39. The number of thiocarbonyl (C=S) groups is 1. The van der Waals surface area contributed by atoms with Crippen molar-refractivity contribution in [2.45, 2.75) is 0 Å². The second kappa shape index (κ2) is 2.80. The summed E-state index contributed by atoms with van der Waals surface area (Å²) in [5, 5.41) is 0.745. The highest BCUT2D eigenvalue weighted by Gasteiger charge is 2.11. The molecule has 1 heterocycles. The minimum atomic E-state index is 0.745. The molecule has 1 aliphatic heterocycles. The van der Waals surface area contributed by atoms with Gasteiger partial charge in [0.2, 0.25) is 0 Å². The van der Waals surface area contributed by atoms with Gasteiger partial charge in [-0.15, -0.1) is 6.58 Å². The van der Waals surface area contributed by atoms with Crippen LogP contribution in [0.4, 0.5) is 0 Å². The third-order valence-electron chi connectivity index (χ3n) is 1.10. The molecule has 1 rings (SSSR count). The Hall–Kier alpha value is -0.610. The number of hydrazine groups is 1. The predicted molar refractivity (Wildman–Crippen MR) is 40.6 cm³/mol. The number of hydrogen-bond donors (Lipinski definition) is 2. The van der Waals surface area contributed by atoms with Crippen LogP contribution in [0.5, 0.6) is 0 Å². The van der Waals surface area contributed by atoms with Gasteiger partial charge in [-0.3, -0.25) is 5.43 Å². The molecule has 0 aromatic rings. The highest BCUT2D eigenvalue weighted by molar-refractivity contribution is 7.80. The van der Waals surface area contributed by atoms with Gasteiger partial charge in [0.1, 0.15) is 0 Å². The van der Waals surface area contributed by atoms with Crippen LogP contribution in [0.1, 0.15) is 0 Å². The van der Waals surface area contributed by atoms with E-state index in [0.717, 1.165) is 18.3 Å². The van der Waals surface area contributed by atoms with Crippen LogP contribution < -0.4 is 10.9 Å². The second-order valence-corrected chi connectivity index (χ2v) is 2.16. The van der Waals surface area contributed by atoms with Crippen molar-refractivity contribution in [2.75, 3.05) is 13.2 Å². The molecule has 0 atom stereocenters. The number of nitrogens with one attached hydrogen (secondary N) is 2. The molecule has 0 aliphatic carbocycles. The first-order chi connectivity index (χ1) is 4.34. The maximum atomic E-state index is 4.91. The molecule has 0 saturated carbocycles. The normalized spacial score (nSPS) is 17.8. The van der Waals surface area contributed by atoms with Crippen LogP contribution in [0, 0.1) is 0 Å². The first-order valence-corrected chi connectivity index (χ1v) is 3.14. The van der Waals surface area contributed by atoms with E-state index in [2.05, 4.69) is 17.4 Å². The van der Waals surface area contributed by atoms with E-state index in [1.54, 1.807) is 0 Å². The Labute approximate surface area is 59.7 Å². The average molecular weight is 143 g/mol. The summed E-state index contributed by atoms with van der Waals surface area (Å²) in [6.45, 7) is 5.17. The maximum Gasteiger partial charge on any atom is 0.184 e. The summed E-state index contributed by atoms with van der Waals surface area (Å²) < 4.78 is 0. The van der Waals surface area contributed by atoms with Crippen LogP contribution in [0.3, 0.4) is 0 Å². The van der Waals surface area contributed by atoms with E-state index in [1.807, 2.05) is 11.0 Å². The van der Waals surface area contributed by atoms with Gasteiger partial charge >= 0.3 is 0 Å². The smallest absolute Gasteiger partial charge is 0.184 e. The summed E-state index contributed by atoms with van der Waals surface area (Å²) in [6, 6.07) is 0. The lowest BCUT2D eigenvalue weighted by molar-refractivity contribution is 0.479. The second-order valence-electron chi connectivity index (χ2n) is 1.78. The third kappa shape index (κ3) is 1.40. The molecule has 1 aliphatic rings. The van der Waals surface area contributed by atoms with Gasteiger partial charge in [-0.1, -0.05) is 6.08 Å². The molecule has 0 radical (unpaired) electrons. The predicted octanol–water partition coefficient (Wildman–Crippen LogP) is -0.175. The molecule has 50 valence electrons. The third-order valence-corrected chi connectivity index (χ3v) is 1.46. The molecule has 0 aromatic carbocycles. The lowest BCUT2D eigenvalue weighted by Gasteiger charge is -2.10. The monoisotopic (exact) mass is 143 g/mol. The maximum absolute atomic E-state index is 4.91. The van der Waals surface area contributed by atoms with E-state index in [9.17, 15) is 0 Å². The standard InChI is InChI=1S/C5H9N3S/c1-2-3-8-4-6-7-5(8)9/h2,6H,1,3-4H2,(H,7,9). The quantitative estimate of drug-likeness (QED) is 0.414.